The van der Waals surface area contributed by atoms with Gasteiger partial charge in [-0.05, 0) is 35.7 Å². The molecule has 0 bridgehead atoms. The van der Waals surface area contributed by atoms with Crippen molar-refractivity contribution in [3.63, 3.8) is 0 Å². The second-order valence-electron chi connectivity index (χ2n) is 6.73. The van der Waals surface area contributed by atoms with Crippen LogP contribution in [0.1, 0.15) is 12.5 Å². The Labute approximate surface area is 156 Å². The predicted octanol–water partition coefficient (Wildman–Crippen LogP) is 2.48. The summed E-state index contributed by atoms with van der Waals surface area (Å²) in [4.78, 5) is 0. The van der Waals surface area contributed by atoms with Gasteiger partial charge in [0, 0.05) is 10.9 Å². The second kappa shape index (κ2) is 7.32. The van der Waals surface area contributed by atoms with Crippen molar-refractivity contribution in [3.05, 3.63) is 54.3 Å². The number of hydrogen-bond acceptors (Lipinski definition) is 6. The Balaban J connectivity index is 1.53. The van der Waals surface area contributed by atoms with Crippen LogP contribution in [0.3, 0.4) is 0 Å². The smallest absolute Gasteiger partial charge is 0.228 e. The lowest BCUT2D eigenvalue weighted by atomic mass is 10.0. The van der Waals surface area contributed by atoms with Gasteiger partial charge < -0.3 is 29.2 Å². The average molecular weight is 370 g/mol. The fourth-order valence-corrected chi connectivity index (χ4v) is 3.25. The summed E-state index contributed by atoms with van der Waals surface area (Å²) >= 11 is 0. The van der Waals surface area contributed by atoms with Crippen molar-refractivity contribution < 1.29 is 29.2 Å². The number of furan rings is 1. The summed E-state index contributed by atoms with van der Waals surface area (Å²) in [6.45, 7) is 2.01. The highest BCUT2D eigenvalue weighted by molar-refractivity contribution is 5.94. The van der Waals surface area contributed by atoms with Crippen molar-refractivity contribution in [1.29, 1.82) is 0 Å². The summed E-state index contributed by atoms with van der Waals surface area (Å²) in [6, 6.07) is 13.5. The Hall–Kier alpha value is -2.38. The molecule has 1 aliphatic rings. The van der Waals surface area contributed by atoms with E-state index < -0.39 is 24.6 Å². The van der Waals surface area contributed by atoms with Gasteiger partial charge in [-0.25, -0.2) is 0 Å². The molecule has 2 heterocycles. The number of benzene rings is 2. The number of rotatable bonds is 4. The molecule has 27 heavy (non-hydrogen) atoms. The Morgan fingerprint density at radius 1 is 1.04 bits per heavy atom. The molecule has 2 aromatic carbocycles. The number of fused-ring (bicyclic) bond motifs is 1. The number of ether oxygens (including phenoxy) is 2. The maximum atomic E-state index is 9.96. The first-order valence-electron chi connectivity index (χ1n) is 9.00. The van der Waals surface area contributed by atoms with Crippen LogP contribution in [-0.2, 0) is 11.2 Å². The highest BCUT2D eigenvalue weighted by Crippen LogP contribution is 2.32. The van der Waals surface area contributed by atoms with Gasteiger partial charge in [-0.15, -0.1) is 0 Å². The molecule has 142 valence electrons. The summed E-state index contributed by atoms with van der Waals surface area (Å²) in [5, 5.41) is 30.2. The van der Waals surface area contributed by atoms with Crippen molar-refractivity contribution in [2.45, 2.75) is 37.9 Å². The van der Waals surface area contributed by atoms with Crippen LogP contribution in [-0.4, -0.2) is 46.5 Å². The minimum absolute atomic E-state index is 0.0955. The number of aryl methyl sites for hydroxylation is 1. The first kappa shape index (κ1) is 18.0. The second-order valence-corrected chi connectivity index (χ2v) is 6.73. The van der Waals surface area contributed by atoms with Gasteiger partial charge in [0.1, 0.15) is 29.6 Å². The quantitative estimate of drug-likeness (QED) is 0.653. The van der Waals surface area contributed by atoms with Gasteiger partial charge in [0.05, 0.1) is 12.9 Å². The zero-order valence-electron chi connectivity index (χ0n) is 14.9. The highest BCUT2D eigenvalue weighted by Gasteiger charge is 2.38. The van der Waals surface area contributed by atoms with Crippen LogP contribution in [0, 0.1) is 0 Å². The third-order valence-electron chi connectivity index (χ3n) is 4.92. The molecule has 0 saturated carbocycles. The van der Waals surface area contributed by atoms with Crippen molar-refractivity contribution in [2.75, 3.05) is 6.61 Å². The summed E-state index contributed by atoms with van der Waals surface area (Å²) in [5.74, 6) is 0.493. The molecule has 1 fully saturated rings. The lowest BCUT2D eigenvalue weighted by Gasteiger charge is -2.34. The van der Waals surface area contributed by atoms with E-state index in [-0.39, 0.29) is 6.61 Å². The Bertz CT molecular complexity index is 916. The van der Waals surface area contributed by atoms with Crippen LogP contribution in [0.25, 0.3) is 22.1 Å². The standard InChI is InChI=1S/C21H22O6/c1-2-12-3-8-15-16(10-25-18(15)9-12)13-4-6-14(7-5-13)27-21-20(24)19(23)17(22)11-26-21/h3-10,17,19-24H,2,11H2,1H3/t17-,19-,20+,21-/m0/s1. The van der Waals surface area contributed by atoms with Gasteiger partial charge in [0.15, 0.2) is 0 Å². The van der Waals surface area contributed by atoms with Gasteiger partial charge in [-0.1, -0.05) is 31.2 Å². The first-order chi connectivity index (χ1) is 13.1. The summed E-state index contributed by atoms with van der Waals surface area (Å²) in [5.41, 5.74) is 4.05. The molecule has 6 nitrogen and oxygen atoms in total. The van der Waals surface area contributed by atoms with E-state index in [2.05, 4.69) is 25.1 Å². The summed E-state index contributed by atoms with van der Waals surface area (Å²) in [6.07, 6.45) is -2.07. The molecule has 3 aromatic rings. The summed E-state index contributed by atoms with van der Waals surface area (Å²) in [7, 11) is 0. The predicted molar refractivity (Wildman–Crippen MR) is 99.4 cm³/mol. The molecular weight excluding hydrogens is 348 g/mol. The van der Waals surface area contributed by atoms with E-state index in [1.54, 1.807) is 18.4 Å². The molecule has 4 rings (SSSR count). The largest absolute Gasteiger partial charge is 0.464 e. The van der Waals surface area contributed by atoms with Crippen molar-refractivity contribution in [3.8, 4) is 16.9 Å². The van der Waals surface area contributed by atoms with Crippen LogP contribution in [0.5, 0.6) is 5.75 Å². The van der Waals surface area contributed by atoms with Gasteiger partial charge >= 0.3 is 0 Å². The van der Waals surface area contributed by atoms with E-state index in [9.17, 15) is 15.3 Å². The Kier molecular flexibility index (Phi) is 4.88. The molecule has 0 unspecified atom stereocenters. The zero-order chi connectivity index (χ0) is 19.0. The van der Waals surface area contributed by atoms with Crippen LogP contribution in [0.15, 0.2) is 53.1 Å². The third kappa shape index (κ3) is 3.44. The van der Waals surface area contributed by atoms with E-state index in [4.69, 9.17) is 13.9 Å². The van der Waals surface area contributed by atoms with E-state index >= 15 is 0 Å². The number of hydrogen-bond donors (Lipinski definition) is 3. The Morgan fingerprint density at radius 2 is 1.81 bits per heavy atom. The molecule has 6 heteroatoms. The maximum Gasteiger partial charge on any atom is 0.228 e. The highest BCUT2D eigenvalue weighted by atomic mass is 16.7. The van der Waals surface area contributed by atoms with Crippen LogP contribution < -0.4 is 4.74 Å². The fraction of sp³-hybridized carbons (Fsp3) is 0.333. The molecule has 1 aliphatic heterocycles. The minimum Gasteiger partial charge on any atom is -0.464 e. The Morgan fingerprint density at radius 3 is 2.56 bits per heavy atom. The fourth-order valence-electron chi connectivity index (χ4n) is 3.25. The van der Waals surface area contributed by atoms with E-state index in [1.807, 2.05) is 12.1 Å². The normalized spacial score (nSPS) is 25.6. The SMILES string of the molecule is CCc1ccc2c(-c3ccc(O[C@@H]4OC[C@H](O)[C@H](O)[C@H]4O)cc3)coc2c1. The van der Waals surface area contributed by atoms with Gasteiger partial charge in [-0.3, -0.25) is 0 Å². The summed E-state index contributed by atoms with van der Waals surface area (Å²) < 4.78 is 16.6. The topological polar surface area (TPSA) is 92.3 Å². The van der Waals surface area contributed by atoms with Gasteiger partial charge in [-0.2, -0.15) is 0 Å². The number of aliphatic hydroxyl groups excluding tert-OH is 3. The molecule has 3 N–H and O–H groups in total. The molecule has 1 saturated heterocycles. The lowest BCUT2D eigenvalue weighted by Crippen LogP contribution is -2.54. The molecule has 0 radical (unpaired) electrons. The van der Waals surface area contributed by atoms with Gasteiger partial charge in [0.2, 0.25) is 6.29 Å². The van der Waals surface area contributed by atoms with E-state index in [0.29, 0.717) is 5.75 Å². The van der Waals surface area contributed by atoms with Crippen molar-refractivity contribution in [1.82, 2.24) is 0 Å². The number of aliphatic hydroxyl groups is 3. The molecule has 1 aromatic heterocycles. The van der Waals surface area contributed by atoms with Crippen LogP contribution in [0.4, 0.5) is 0 Å². The third-order valence-corrected chi connectivity index (χ3v) is 4.92. The minimum atomic E-state index is -1.32. The monoisotopic (exact) mass is 370 g/mol. The van der Waals surface area contributed by atoms with Gasteiger partial charge in [0.25, 0.3) is 0 Å². The first-order valence-corrected chi connectivity index (χ1v) is 9.00. The molecule has 4 atom stereocenters. The van der Waals surface area contributed by atoms with Crippen LogP contribution >= 0.6 is 0 Å². The van der Waals surface area contributed by atoms with Crippen LogP contribution in [0.2, 0.25) is 0 Å². The lowest BCUT2D eigenvalue weighted by molar-refractivity contribution is -0.242. The molecular formula is C21H22O6. The molecule has 0 aliphatic carbocycles. The average Bonchev–Trinajstić information content (AvgIpc) is 3.12. The van der Waals surface area contributed by atoms with Crippen molar-refractivity contribution >= 4 is 11.0 Å². The molecule has 0 spiro atoms. The van der Waals surface area contributed by atoms with E-state index in [1.165, 1.54) is 5.56 Å². The molecule has 0 amide bonds. The zero-order valence-corrected chi connectivity index (χ0v) is 14.9. The van der Waals surface area contributed by atoms with Crippen molar-refractivity contribution in [2.24, 2.45) is 0 Å². The maximum absolute atomic E-state index is 9.96. The van der Waals surface area contributed by atoms with E-state index in [0.717, 1.165) is 28.5 Å².